The quantitative estimate of drug-likeness (QED) is 0.153. The van der Waals surface area contributed by atoms with E-state index in [1.807, 2.05) is 6.07 Å². The van der Waals surface area contributed by atoms with Crippen LogP contribution in [0.15, 0.2) is 247 Å². The van der Waals surface area contributed by atoms with Gasteiger partial charge in [0.1, 0.15) is 11.2 Å². The zero-order valence-corrected chi connectivity index (χ0v) is 34.4. The van der Waals surface area contributed by atoms with Gasteiger partial charge in [-0.15, -0.1) is 0 Å². The Bertz CT molecular complexity index is 3590. The first-order chi connectivity index (χ1) is 31.3. The minimum absolute atomic E-state index is 0.858. The molecule has 0 aliphatic carbocycles. The number of nitrogens with zero attached hydrogens (tertiary/aromatic N) is 2. The van der Waals surface area contributed by atoms with Crippen molar-refractivity contribution in [2.75, 3.05) is 4.90 Å². The lowest BCUT2D eigenvalue weighted by atomic mass is 9.95. The highest BCUT2D eigenvalue weighted by Crippen LogP contribution is 2.47. The number of aromatic nitrogens is 1. The third-order valence-electron chi connectivity index (χ3n) is 12.4. The topological polar surface area (TPSA) is 21.3 Å². The average Bonchev–Trinajstić information content (AvgIpc) is 3.92. The van der Waals surface area contributed by atoms with Crippen LogP contribution >= 0.6 is 0 Å². The summed E-state index contributed by atoms with van der Waals surface area (Å²) in [4.78, 5) is 2.42. The summed E-state index contributed by atoms with van der Waals surface area (Å²) >= 11 is 0. The summed E-state index contributed by atoms with van der Waals surface area (Å²) in [5, 5.41) is 4.69. The molecule has 12 rings (SSSR count). The van der Waals surface area contributed by atoms with E-state index in [4.69, 9.17) is 4.42 Å². The second kappa shape index (κ2) is 15.3. The molecule has 0 N–H and O–H groups in total. The summed E-state index contributed by atoms with van der Waals surface area (Å²) in [5.41, 5.74) is 17.8. The molecule has 0 saturated heterocycles. The Kier molecular flexibility index (Phi) is 8.83. The van der Waals surface area contributed by atoms with E-state index >= 15 is 0 Å². The number of hydrogen-bond acceptors (Lipinski definition) is 2. The highest BCUT2D eigenvalue weighted by Gasteiger charge is 2.23. The van der Waals surface area contributed by atoms with Crippen LogP contribution in [0.3, 0.4) is 0 Å². The van der Waals surface area contributed by atoms with Crippen molar-refractivity contribution in [3.8, 4) is 50.2 Å². The van der Waals surface area contributed by atoms with Crippen molar-refractivity contribution in [1.82, 2.24) is 4.57 Å². The largest absolute Gasteiger partial charge is 0.456 e. The molecule has 0 spiro atoms. The summed E-state index contributed by atoms with van der Waals surface area (Å²) in [6.07, 6.45) is 0. The first-order valence-electron chi connectivity index (χ1n) is 21.5. The van der Waals surface area contributed by atoms with Gasteiger partial charge in [0.2, 0.25) is 0 Å². The van der Waals surface area contributed by atoms with E-state index in [-0.39, 0.29) is 0 Å². The molecule has 12 aromatic rings. The molecule has 2 heterocycles. The Morgan fingerprint density at radius 1 is 0.317 bits per heavy atom. The van der Waals surface area contributed by atoms with E-state index in [1.54, 1.807) is 0 Å². The molecular weight excluding hydrogens is 765 g/mol. The van der Waals surface area contributed by atoms with Crippen molar-refractivity contribution < 1.29 is 4.42 Å². The van der Waals surface area contributed by atoms with Crippen LogP contribution in [0.25, 0.3) is 93.9 Å². The lowest BCUT2D eigenvalue weighted by Crippen LogP contribution is -2.12. The van der Waals surface area contributed by atoms with Crippen LogP contribution in [0.5, 0.6) is 0 Å². The van der Waals surface area contributed by atoms with Gasteiger partial charge in [-0.2, -0.15) is 0 Å². The zero-order chi connectivity index (χ0) is 41.7. The maximum absolute atomic E-state index is 6.48. The van der Waals surface area contributed by atoms with Crippen LogP contribution in [0.4, 0.5) is 17.1 Å². The highest BCUT2D eigenvalue weighted by molar-refractivity contribution is 6.16. The van der Waals surface area contributed by atoms with Crippen molar-refractivity contribution >= 4 is 60.8 Å². The summed E-state index contributed by atoms with van der Waals surface area (Å²) in [6, 6.07) is 87.0. The number of anilines is 3. The SMILES string of the molecule is c1ccc(-c2ccc(-c3ccccc3)c(N(c3ccc(-c4ccc(-c5cccc6c5c5ccccc5n6-c5ccccc5)cc4)cc3)c3cccc4oc5ccccc5c34)c2)cc1. The van der Waals surface area contributed by atoms with Gasteiger partial charge in [0.15, 0.2) is 0 Å². The Balaban J connectivity index is 0.986. The molecule has 0 unspecified atom stereocenters. The van der Waals surface area contributed by atoms with Gasteiger partial charge in [0.05, 0.1) is 27.8 Å². The first kappa shape index (κ1) is 36.5. The van der Waals surface area contributed by atoms with Gasteiger partial charge in [0, 0.05) is 33.1 Å². The van der Waals surface area contributed by atoms with Crippen molar-refractivity contribution in [1.29, 1.82) is 0 Å². The third kappa shape index (κ3) is 6.29. The number of hydrogen-bond donors (Lipinski definition) is 0. The van der Waals surface area contributed by atoms with E-state index in [1.165, 1.54) is 38.5 Å². The van der Waals surface area contributed by atoms with E-state index < -0.39 is 0 Å². The van der Waals surface area contributed by atoms with Crippen LogP contribution in [-0.4, -0.2) is 4.57 Å². The highest BCUT2D eigenvalue weighted by atomic mass is 16.3. The molecule has 3 heteroatoms. The number of fused-ring (bicyclic) bond motifs is 6. The van der Waals surface area contributed by atoms with Gasteiger partial charge in [-0.05, 0) is 99.6 Å². The van der Waals surface area contributed by atoms with Gasteiger partial charge >= 0.3 is 0 Å². The Morgan fingerprint density at radius 2 is 0.857 bits per heavy atom. The van der Waals surface area contributed by atoms with Crippen molar-refractivity contribution in [3.63, 3.8) is 0 Å². The minimum atomic E-state index is 0.858. The summed E-state index contributed by atoms with van der Waals surface area (Å²) in [6.45, 7) is 0. The molecule has 63 heavy (non-hydrogen) atoms. The molecule has 2 aromatic heterocycles. The summed E-state index contributed by atoms with van der Waals surface area (Å²) < 4.78 is 8.86. The van der Waals surface area contributed by atoms with Gasteiger partial charge < -0.3 is 13.9 Å². The molecule has 0 radical (unpaired) electrons. The van der Waals surface area contributed by atoms with E-state index in [0.29, 0.717) is 0 Å². The van der Waals surface area contributed by atoms with Crippen LogP contribution in [0.2, 0.25) is 0 Å². The first-order valence-corrected chi connectivity index (χ1v) is 21.5. The molecule has 0 amide bonds. The molecule has 0 bridgehead atoms. The van der Waals surface area contributed by atoms with Crippen LogP contribution in [-0.2, 0) is 0 Å². The number of rotatable bonds is 8. The minimum Gasteiger partial charge on any atom is -0.456 e. The van der Waals surface area contributed by atoms with E-state index in [2.05, 4.69) is 246 Å². The molecule has 0 aliphatic heterocycles. The lowest BCUT2D eigenvalue weighted by Gasteiger charge is -2.29. The van der Waals surface area contributed by atoms with Crippen molar-refractivity contribution in [3.05, 3.63) is 243 Å². The number of furan rings is 1. The molecule has 0 atom stereocenters. The van der Waals surface area contributed by atoms with Gasteiger partial charge in [0.25, 0.3) is 0 Å². The van der Waals surface area contributed by atoms with E-state index in [9.17, 15) is 0 Å². The Labute approximate surface area is 366 Å². The van der Waals surface area contributed by atoms with Crippen LogP contribution < -0.4 is 4.90 Å². The van der Waals surface area contributed by atoms with Gasteiger partial charge in [-0.3, -0.25) is 0 Å². The number of para-hydroxylation sites is 3. The van der Waals surface area contributed by atoms with Crippen molar-refractivity contribution in [2.45, 2.75) is 0 Å². The fourth-order valence-electron chi connectivity index (χ4n) is 9.50. The van der Waals surface area contributed by atoms with Crippen LogP contribution in [0.1, 0.15) is 0 Å². The number of benzene rings is 10. The Hall–Kier alpha value is -8.40. The summed E-state index contributed by atoms with van der Waals surface area (Å²) in [5.74, 6) is 0. The summed E-state index contributed by atoms with van der Waals surface area (Å²) in [7, 11) is 0. The monoisotopic (exact) mass is 804 g/mol. The maximum atomic E-state index is 6.48. The molecule has 3 nitrogen and oxygen atoms in total. The fraction of sp³-hybridized carbons (Fsp3) is 0. The second-order valence-corrected chi connectivity index (χ2v) is 16.1. The normalized spacial score (nSPS) is 11.5. The molecular formula is C60H40N2O. The van der Waals surface area contributed by atoms with Gasteiger partial charge in [-0.1, -0.05) is 182 Å². The fourth-order valence-corrected chi connectivity index (χ4v) is 9.50. The lowest BCUT2D eigenvalue weighted by molar-refractivity contribution is 0.669. The molecule has 10 aromatic carbocycles. The maximum Gasteiger partial charge on any atom is 0.137 e. The Morgan fingerprint density at radius 3 is 1.62 bits per heavy atom. The zero-order valence-electron chi connectivity index (χ0n) is 34.4. The third-order valence-corrected chi connectivity index (χ3v) is 12.4. The standard InChI is InChI=1S/C60H40N2O/c1-4-16-41(17-5-1)46-36-39-49(44-18-6-2-7-19-44)56(40-46)62(55-27-15-29-58-60(55)52-23-11-13-28-57(52)63-58)48-37-34-43(35-38-48)42-30-32-45(33-31-42)50-24-14-26-54-59(50)51-22-10-12-25-53(51)61(54)47-20-8-3-9-21-47/h1-40H. The molecule has 0 saturated carbocycles. The predicted octanol–water partition coefficient (Wildman–Crippen LogP) is 16.8. The molecule has 0 fully saturated rings. The smallest absolute Gasteiger partial charge is 0.137 e. The molecule has 296 valence electrons. The molecule has 0 aliphatic rings. The second-order valence-electron chi connectivity index (χ2n) is 16.1. The van der Waals surface area contributed by atoms with E-state index in [0.717, 1.165) is 72.5 Å². The van der Waals surface area contributed by atoms with Crippen molar-refractivity contribution in [2.24, 2.45) is 0 Å². The average molecular weight is 805 g/mol. The predicted molar refractivity (Wildman–Crippen MR) is 264 cm³/mol. The van der Waals surface area contributed by atoms with Gasteiger partial charge in [-0.25, -0.2) is 0 Å². The van der Waals surface area contributed by atoms with Crippen LogP contribution in [0, 0.1) is 0 Å².